The van der Waals surface area contributed by atoms with Crippen molar-refractivity contribution < 1.29 is 19.1 Å². The molecular formula is C13H7NO4. The first kappa shape index (κ1) is 11.6. The van der Waals surface area contributed by atoms with Gasteiger partial charge in [-0.3, -0.25) is 9.59 Å². The minimum Gasteiger partial charge on any atom is -0.369 e. The Labute approximate surface area is 103 Å². The van der Waals surface area contributed by atoms with Gasteiger partial charge in [0, 0.05) is 12.2 Å². The van der Waals surface area contributed by atoms with Crippen LogP contribution in [0, 0.1) is 12.5 Å². The van der Waals surface area contributed by atoms with E-state index in [1.54, 1.807) is 6.11 Å². The van der Waals surface area contributed by atoms with E-state index in [-0.39, 0.29) is 5.56 Å². The molecule has 0 aliphatic carbocycles. The molecule has 0 N–H and O–H groups in total. The van der Waals surface area contributed by atoms with E-state index in [1.807, 2.05) is 0 Å². The number of amides is 2. The Hall–Kier alpha value is -2.87. The van der Waals surface area contributed by atoms with Crippen molar-refractivity contribution in [2.75, 3.05) is 4.90 Å². The van der Waals surface area contributed by atoms with Crippen LogP contribution in [0.5, 0.6) is 0 Å². The molecule has 1 heterocycles. The quantitative estimate of drug-likeness (QED) is 0.437. The summed E-state index contributed by atoms with van der Waals surface area (Å²) in [5, 5.41) is 0. The summed E-state index contributed by atoms with van der Waals surface area (Å²) in [5.41, 5.74) is 0.621. The summed E-state index contributed by atoms with van der Waals surface area (Å²) in [7, 11) is 0. The maximum absolute atomic E-state index is 11.4. The predicted octanol–water partition coefficient (Wildman–Crippen LogP) is 0.863. The Kier molecular flexibility index (Phi) is 2.94. The summed E-state index contributed by atoms with van der Waals surface area (Å²) in [6, 6.07) is 5.79. The van der Waals surface area contributed by atoms with Crippen molar-refractivity contribution in [3.63, 3.8) is 0 Å². The van der Waals surface area contributed by atoms with E-state index in [4.69, 9.17) is 6.42 Å². The molecule has 0 atom stereocenters. The number of rotatable bonds is 2. The molecular weight excluding hydrogens is 234 g/mol. The van der Waals surface area contributed by atoms with Crippen molar-refractivity contribution in [3.8, 4) is 12.5 Å². The van der Waals surface area contributed by atoms with Crippen LogP contribution in [0.3, 0.4) is 0 Å². The predicted molar refractivity (Wildman–Crippen MR) is 62.3 cm³/mol. The van der Waals surface area contributed by atoms with Crippen molar-refractivity contribution in [1.29, 1.82) is 0 Å². The first-order valence-corrected chi connectivity index (χ1v) is 4.96. The second kappa shape index (κ2) is 4.55. The van der Waals surface area contributed by atoms with Crippen LogP contribution in [-0.4, -0.2) is 17.8 Å². The molecule has 0 spiro atoms. The molecule has 0 unspecified atom stereocenters. The normalized spacial score (nSPS) is 13.6. The fraction of sp³-hybridized carbons (Fsp3) is 0. The third-order valence-corrected chi connectivity index (χ3v) is 2.32. The van der Waals surface area contributed by atoms with Gasteiger partial charge in [0.25, 0.3) is 11.8 Å². The van der Waals surface area contributed by atoms with Gasteiger partial charge in [-0.15, -0.1) is 0 Å². The van der Waals surface area contributed by atoms with E-state index in [9.17, 15) is 14.4 Å². The summed E-state index contributed by atoms with van der Waals surface area (Å²) in [5.74, 6) is -1.50. The molecule has 2 rings (SSSR count). The standard InChI is InChI=1S/C13H7NO4/c1-2-18-13(17)9-3-5-10(6-4-9)14-11(15)7-8-12(14)16/h1,3-8H. The number of hydrogen-bond donors (Lipinski definition) is 0. The maximum atomic E-state index is 11.4. The number of anilines is 1. The number of ether oxygens (including phenoxy) is 1. The third kappa shape index (κ3) is 1.99. The number of terminal acetylenes is 1. The lowest BCUT2D eigenvalue weighted by Crippen LogP contribution is -2.29. The van der Waals surface area contributed by atoms with E-state index in [1.165, 1.54) is 36.4 Å². The van der Waals surface area contributed by atoms with Gasteiger partial charge >= 0.3 is 5.97 Å². The first-order valence-electron chi connectivity index (χ1n) is 4.96. The average molecular weight is 241 g/mol. The second-order valence-electron chi connectivity index (χ2n) is 3.40. The average Bonchev–Trinajstić information content (AvgIpc) is 2.70. The van der Waals surface area contributed by atoms with Gasteiger partial charge in [0.2, 0.25) is 0 Å². The number of carbonyl (C=O) groups is 3. The molecule has 2 amide bonds. The fourth-order valence-corrected chi connectivity index (χ4v) is 1.51. The van der Waals surface area contributed by atoms with E-state index < -0.39 is 17.8 Å². The minimum absolute atomic E-state index is 0.240. The second-order valence-corrected chi connectivity index (χ2v) is 3.40. The van der Waals surface area contributed by atoms with Gasteiger partial charge in [-0.05, 0) is 24.3 Å². The molecule has 0 saturated heterocycles. The molecule has 1 aromatic rings. The topological polar surface area (TPSA) is 63.7 Å². The van der Waals surface area contributed by atoms with Gasteiger partial charge in [-0.25, -0.2) is 9.69 Å². The van der Waals surface area contributed by atoms with Crippen molar-refractivity contribution >= 4 is 23.5 Å². The summed E-state index contributed by atoms with van der Waals surface area (Å²) in [4.78, 5) is 35.1. The molecule has 0 aromatic heterocycles. The molecule has 0 radical (unpaired) electrons. The van der Waals surface area contributed by atoms with E-state index in [2.05, 4.69) is 4.74 Å². The maximum Gasteiger partial charge on any atom is 0.352 e. The van der Waals surface area contributed by atoms with Crippen LogP contribution in [-0.2, 0) is 14.3 Å². The zero-order valence-electron chi connectivity index (χ0n) is 9.12. The Morgan fingerprint density at radius 3 is 2.17 bits per heavy atom. The van der Waals surface area contributed by atoms with Crippen LogP contribution >= 0.6 is 0 Å². The molecule has 5 heteroatoms. The van der Waals surface area contributed by atoms with Gasteiger partial charge < -0.3 is 4.74 Å². The van der Waals surface area contributed by atoms with Crippen molar-refractivity contribution in [1.82, 2.24) is 0 Å². The number of esters is 1. The lowest BCUT2D eigenvalue weighted by Gasteiger charge is -2.13. The Morgan fingerprint density at radius 2 is 1.67 bits per heavy atom. The van der Waals surface area contributed by atoms with Crippen LogP contribution in [0.15, 0.2) is 36.4 Å². The molecule has 0 saturated carbocycles. The molecule has 0 fully saturated rings. The van der Waals surface area contributed by atoms with Crippen LogP contribution in [0.4, 0.5) is 5.69 Å². The van der Waals surface area contributed by atoms with Gasteiger partial charge in [-0.2, -0.15) is 0 Å². The van der Waals surface area contributed by atoms with Crippen LogP contribution in [0.1, 0.15) is 10.4 Å². The highest BCUT2D eigenvalue weighted by Gasteiger charge is 2.25. The lowest BCUT2D eigenvalue weighted by molar-refractivity contribution is -0.119. The van der Waals surface area contributed by atoms with Gasteiger partial charge in [-0.1, -0.05) is 6.42 Å². The van der Waals surface area contributed by atoms with E-state index in [0.29, 0.717) is 5.69 Å². The molecule has 5 nitrogen and oxygen atoms in total. The van der Waals surface area contributed by atoms with Crippen molar-refractivity contribution in [2.24, 2.45) is 0 Å². The highest BCUT2D eigenvalue weighted by molar-refractivity contribution is 6.28. The molecule has 0 bridgehead atoms. The molecule has 1 aliphatic heterocycles. The first-order chi connectivity index (χ1) is 8.63. The summed E-state index contributed by atoms with van der Waals surface area (Å²) in [6.45, 7) is 0. The molecule has 88 valence electrons. The largest absolute Gasteiger partial charge is 0.369 e. The van der Waals surface area contributed by atoms with E-state index in [0.717, 1.165) is 4.90 Å². The molecule has 1 aromatic carbocycles. The number of hydrogen-bond acceptors (Lipinski definition) is 4. The molecule has 18 heavy (non-hydrogen) atoms. The molecule has 1 aliphatic rings. The highest BCUT2D eigenvalue weighted by Crippen LogP contribution is 2.19. The summed E-state index contributed by atoms with van der Waals surface area (Å²) < 4.78 is 4.36. The van der Waals surface area contributed by atoms with Gasteiger partial charge in [0.15, 0.2) is 0 Å². The SMILES string of the molecule is C#COC(=O)c1ccc(N2C(=O)C=CC2=O)cc1. The Morgan fingerprint density at radius 1 is 1.11 bits per heavy atom. The van der Waals surface area contributed by atoms with Gasteiger partial charge in [0.1, 0.15) is 6.11 Å². The third-order valence-electron chi connectivity index (χ3n) is 2.32. The summed E-state index contributed by atoms with van der Waals surface area (Å²) >= 11 is 0. The lowest BCUT2D eigenvalue weighted by atomic mass is 10.2. The van der Waals surface area contributed by atoms with Crippen molar-refractivity contribution in [3.05, 3.63) is 42.0 Å². The zero-order valence-corrected chi connectivity index (χ0v) is 9.12. The summed E-state index contributed by atoms with van der Waals surface area (Å²) in [6.07, 6.45) is 8.97. The highest BCUT2D eigenvalue weighted by atomic mass is 16.5. The number of imide groups is 1. The van der Waals surface area contributed by atoms with Crippen LogP contribution < -0.4 is 4.90 Å². The number of benzene rings is 1. The minimum atomic E-state index is -0.666. The monoisotopic (exact) mass is 241 g/mol. The van der Waals surface area contributed by atoms with Crippen LogP contribution in [0.2, 0.25) is 0 Å². The van der Waals surface area contributed by atoms with Crippen LogP contribution in [0.25, 0.3) is 0 Å². The zero-order chi connectivity index (χ0) is 13.1. The Balaban J connectivity index is 2.24. The van der Waals surface area contributed by atoms with E-state index >= 15 is 0 Å². The smallest absolute Gasteiger partial charge is 0.352 e. The van der Waals surface area contributed by atoms with Crippen molar-refractivity contribution in [2.45, 2.75) is 0 Å². The number of nitrogens with zero attached hydrogens (tertiary/aromatic N) is 1. The Bertz CT molecular complexity index is 574. The number of carbonyl (C=O) groups excluding carboxylic acids is 3. The fourth-order valence-electron chi connectivity index (χ4n) is 1.51. The van der Waals surface area contributed by atoms with Gasteiger partial charge in [0.05, 0.1) is 11.3 Å².